The van der Waals surface area contributed by atoms with E-state index in [0.717, 1.165) is 15.9 Å². The van der Waals surface area contributed by atoms with E-state index < -0.39 is 0 Å². The Bertz CT molecular complexity index is 314. The number of alkyl halides is 1. The first kappa shape index (κ1) is 12.4. The van der Waals surface area contributed by atoms with Crippen LogP contribution >= 0.6 is 39.3 Å². The van der Waals surface area contributed by atoms with Crippen LogP contribution in [-0.2, 0) is 12.8 Å². The van der Waals surface area contributed by atoms with Crippen LogP contribution in [0.25, 0.3) is 0 Å². The zero-order valence-electron chi connectivity index (χ0n) is 8.55. The molecule has 0 saturated heterocycles. The third-order valence-electron chi connectivity index (χ3n) is 1.98. The predicted molar refractivity (Wildman–Crippen MR) is 67.1 cm³/mol. The van der Waals surface area contributed by atoms with Gasteiger partial charge in [0, 0.05) is 23.9 Å². The van der Waals surface area contributed by atoms with Gasteiger partial charge in [-0.2, -0.15) is 16.9 Å². The van der Waals surface area contributed by atoms with Crippen molar-refractivity contribution in [1.82, 2.24) is 9.78 Å². The first-order chi connectivity index (χ1) is 6.56. The van der Waals surface area contributed by atoms with Crippen molar-refractivity contribution in [3.05, 3.63) is 15.9 Å². The maximum atomic E-state index is 5.75. The van der Waals surface area contributed by atoms with Gasteiger partial charge in [0.2, 0.25) is 0 Å². The fourth-order valence-electron chi connectivity index (χ4n) is 1.10. The fraction of sp³-hybridized carbons (Fsp3) is 0.667. The highest BCUT2D eigenvalue weighted by atomic mass is 79.9. The molecule has 0 aliphatic rings. The van der Waals surface area contributed by atoms with Gasteiger partial charge in [-0.25, -0.2) is 0 Å². The molecule has 14 heavy (non-hydrogen) atoms. The molecule has 0 radical (unpaired) electrons. The lowest BCUT2D eigenvalue weighted by Gasteiger charge is -2.07. The summed E-state index contributed by atoms with van der Waals surface area (Å²) in [6.07, 6.45) is 0. The number of halogens is 2. The zero-order chi connectivity index (χ0) is 10.7. The van der Waals surface area contributed by atoms with Gasteiger partial charge in [-0.15, -0.1) is 11.6 Å². The summed E-state index contributed by atoms with van der Waals surface area (Å²) in [7, 11) is 1.97. The summed E-state index contributed by atoms with van der Waals surface area (Å²) >= 11 is 11.1. The quantitative estimate of drug-likeness (QED) is 0.793. The van der Waals surface area contributed by atoms with Gasteiger partial charge >= 0.3 is 0 Å². The molecule has 0 spiro atoms. The largest absolute Gasteiger partial charge is 0.270 e. The van der Waals surface area contributed by atoms with Crippen LogP contribution in [-0.4, -0.2) is 20.9 Å². The van der Waals surface area contributed by atoms with E-state index in [1.807, 2.05) is 30.4 Å². The molecular formula is C9H14BrClN2S. The first-order valence-corrected chi connectivity index (χ1v) is 6.79. The lowest BCUT2D eigenvalue weighted by Crippen LogP contribution is -2.02. The Morgan fingerprint density at radius 1 is 1.64 bits per heavy atom. The lowest BCUT2D eigenvalue weighted by atomic mass is 10.4. The molecule has 0 aromatic carbocycles. The third-order valence-corrected chi connectivity index (χ3v) is 4.84. The van der Waals surface area contributed by atoms with Crippen molar-refractivity contribution in [2.75, 3.05) is 5.88 Å². The summed E-state index contributed by atoms with van der Waals surface area (Å²) in [6, 6.07) is 0. The van der Waals surface area contributed by atoms with Gasteiger partial charge in [-0.05, 0) is 22.9 Å². The van der Waals surface area contributed by atoms with E-state index in [9.17, 15) is 0 Å². The Balaban J connectivity index is 2.67. The van der Waals surface area contributed by atoms with Crippen LogP contribution in [0.1, 0.15) is 18.3 Å². The molecule has 0 saturated carbocycles. The first-order valence-electron chi connectivity index (χ1n) is 4.41. The summed E-state index contributed by atoms with van der Waals surface area (Å²) in [5.41, 5.74) is 2.27. The predicted octanol–water partition coefficient (Wildman–Crippen LogP) is 3.35. The Kier molecular flexibility index (Phi) is 4.80. The molecule has 80 valence electrons. The maximum absolute atomic E-state index is 5.75. The van der Waals surface area contributed by atoms with E-state index in [1.54, 1.807) is 0 Å². The standard InChI is InChI=1S/C9H14BrClN2S/c1-6(4-11)14-5-8-9(10)7(2)12-13(8)3/h6H,4-5H2,1-3H3. The van der Waals surface area contributed by atoms with Gasteiger partial charge in [-0.3, -0.25) is 4.68 Å². The molecule has 5 heteroatoms. The van der Waals surface area contributed by atoms with Crippen molar-refractivity contribution in [2.45, 2.75) is 24.9 Å². The van der Waals surface area contributed by atoms with Gasteiger partial charge in [-0.1, -0.05) is 6.92 Å². The normalized spacial score (nSPS) is 13.2. The monoisotopic (exact) mass is 296 g/mol. The highest BCUT2D eigenvalue weighted by Crippen LogP contribution is 2.26. The van der Waals surface area contributed by atoms with Crippen molar-refractivity contribution >= 4 is 39.3 Å². The van der Waals surface area contributed by atoms with Crippen molar-refractivity contribution in [3.63, 3.8) is 0 Å². The Morgan fingerprint density at radius 2 is 2.29 bits per heavy atom. The topological polar surface area (TPSA) is 17.8 Å². The average Bonchev–Trinajstić information content (AvgIpc) is 2.39. The van der Waals surface area contributed by atoms with Crippen molar-refractivity contribution in [3.8, 4) is 0 Å². The maximum Gasteiger partial charge on any atom is 0.0738 e. The van der Waals surface area contributed by atoms with E-state index >= 15 is 0 Å². The Morgan fingerprint density at radius 3 is 2.71 bits per heavy atom. The molecular weight excluding hydrogens is 284 g/mol. The molecule has 0 fully saturated rings. The van der Waals surface area contributed by atoms with Crippen LogP contribution in [0.2, 0.25) is 0 Å². The second kappa shape index (κ2) is 5.42. The van der Waals surface area contributed by atoms with Gasteiger partial charge in [0.05, 0.1) is 15.9 Å². The van der Waals surface area contributed by atoms with Crippen LogP contribution in [0, 0.1) is 6.92 Å². The van der Waals surface area contributed by atoms with Crippen molar-refractivity contribution < 1.29 is 0 Å². The number of thioether (sulfide) groups is 1. The molecule has 1 rings (SSSR count). The van der Waals surface area contributed by atoms with Crippen molar-refractivity contribution in [1.29, 1.82) is 0 Å². The molecule has 0 aliphatic heterocycles. The van der Waals surface area contributed by atoms with Crippen LogP contribution < -0.4 is 0 Å². The van der Waals surface area contributed by atoms with Crippen LogP contribution in [0.5, 0.6) is 0 Å². The Hall–Kier alpha value is 0.330. The smallest absolute Gasteiger partial charge is 0.0738 e. The number of rotatable bonds is 4. The van der Waals surface area contributed by atoms with E-state index in [1.165, 1.54) is 5.69 Å². The van der Waals surface area contributed by atoms with Gasteiger partial charge in [0.15, 0.2) is 0 Å². The number of aryl methyl sites for hydroxylation is 2. The van der Waals surface area contributed by atoms with Crippen LogP contribution in [0.4, 0.5) is 0 Å². The van der Waals surface area contributed by atoms with Gasteiger partial charge < -0.3 is 0 Å². The summed E-state index contributed by atoms with van der Waals surface area (Å²) < 4.78 is 3.04. The summed E-state index contributed by atoms with van der Waals surface area (Å²) in [5, 5.41) is 4.82. The second-order valence-corrected chi connectivity index (χ2v) is 5.77. The average molecular weight is 298 g/mol. The second-order valence-electron chi connectivity index (χ2n) is 3.25. The van der Waals surface area contributed by atoms with Crippen LogP contribution in [0.3, 0.4) is 0 Å². The van der Waals surface area contributed by atoms with E-state index in [0.29, 0.717) is 11.1 Å². The SMILES string of the molecule is Cc1nn(C)c(CSC(C)CCl)c1Br. The molecule has 1 atom stereocenters. The minimum Gasteiger partial charge on any atom is -0.270 e. The Labute approximate surface area is 103 Å². The number of nitrogens with zero attached hydrogens (tertiary/aromatic N) is 2. The molecule has 0 N–H and O–H groups in total. The number of aromatic nitrogens is 2. The number of hydrogen-bond donors (Lipinski definition) is 0. The van der Waals surface area contributed by atoms with E-state index in [4.69, 9.17) is 11.6 Å². The highest BCUT2D eigenvalue weighted by Gasteiger charge is 2.11. The summed E-state index contributed by atoms with van der Waals surface area (Å²) in [6.45, 7) is 4.14. The summed E-state index contributed by atoms with van der Waals surface area (Å²) in [4.78, 5) is 0. The van der Waals surface area contributed by atoms with Gasteiger partial charge in [0.25, 0.3) is 0 Å². The third kappa shape index (κ3) is 2.91. The van der Waals surface area contributed by atoms with E-state index in [-0.39, 0.29) is 0 Å². The number of hydrogen-bond acceptors (Lipinski definition) is 2. The molecule has 2 nitrogen and oxygen atoms in total. The molecule has 0 amide bonds. The highest BCUT2D eigenvalue weighted by molar-refractivity contribution is 9.10. The summed E-state index contributed by atoms with van der Waals surface area (Å²) in [5.74, 6) is 1.64. The molecule has 1 heterocycles. The molecule has 1 unspecified atom stereocenters. The van der Waals surface area contributed by atoms with Crippen LogP contribution in [0.15, 0.2) is 4.47 Å². The molecule has 0 bridgehead atoms. The minimum atomic E-state index is 0.485. The van der Waals surface area contributed by atoms with E-state index in [2.05, 4.69) is 28.0 Å². The fourth-order valence-corrected chi connectivity index (χ4v) is 2.89. The van der Waals surface area contributed by atoms with Crippen molar-refractivity contribution in [2.24, 2.45) is 7.05 Å². The molecule has 0 aliphatic carbocycles. The van der Waals surface area contributed by atoms with Gasteiger partial charge in [0.1, 0.15) is 0 Å². The molecule has 1 aromatic rings. The minimum absolute atomic E-state index is 0.485. The lowest BCUT2D eigenvalue weighted by molar-refractivity contribution is 0.727. The molecule has 1 aromatic heterocycles. The zero-order valence-corrected chi connectivity index (χ0v) is 11.7.